The minimum atomic E-state index is 0.284. The van der Waals surface area contributed by atoms with E-state index in [1.54, 1.807) is 0 Å². The van der Waals surface area contributed by atoms with Gasteiger partial charge in [0, 0.05) is 0 Å². The molecule has 0 saturated carbocycles. The van der Waals surface area contributed by atoms with Crippen LogP contribution < -0.4 is 4.90 Å². The van der Waals surface area contributed by atoms with E-state index in [1.807, 2.05) is 0 Å². The molecular formula is C34H21NSe2. The van der Waals surface area contributed by atoms with Crippen LogP contribution in [0.15, 0.2) is 127 Å². The Balaban J connectivity index is 1.35. The predicted octanol–water partition coefficient (Wildman–Crippen LogP) is 9.04. The Morgan fingerprint density at radius 2 is 0.973 bits per heavy atom. The average Bonchev–Trinajstić information content (AvgIpc) is 3.51. The molecule has 0 unspecified atom stereocenters. The van der Waals surface area contributed by atoms with E-state index < -0.39 is 0 Å². The number of rotatable bonds is 3. The molecule has 3 heteroatoms. The third kappa shape index (κ3) is 3.44. The normalized spacial score (nSPS) is 11.8. The second kappa shape index (κ2) is 8.48. The van der Waals surface area contributed by atoms with Crippen molar-refractivity contribution in [1.29, 1.82) is 0 Å². The molecule has 2 aromatic heterocycles. The topological polar surface area (TPSA) is 3.24 Å². The zero-order valence-corrected chi connectivity index (χ0v) is 23.3. The van der Waals surface area contributed by atoms with Crippen LogP contribution in [-0.2, 0) is 0 Å². The molecule has 0 saturated heterocycles. The van der Waals surface area contributed by atoms with Crippen LogP contribution in [0.4, 0.5) is 17.1 Å². The summed E-state index contributed by atoms with van der Waals surface area (Å²) in [4.78, 5) is 2.43. The van der Waals surface area contributed by atoms with Crippen molar-refractivity contribution in [2.45, 2.75) is 0 Å². The van der Waals surface area contributed by atoms with Crippen molar-refractivity contribution in [3.8, 4) is 0 Å². The molecule has 6 aromatic carbocycles. The predicted molar refractivity (Wildman–Crippen MR) is 163 cm³/mol. The fraction of sp³-hybridized carbons (Fsp3) is 0. The quantitative estimate of drug-likeness (QED) is 0.183. The van der Waals surface area contributed by atoms with Crippen LogP contribution in [0, 0.1) is 0 Å². The van der Waals surface area contributed by atoms with Crippen molar-refractivity contribution in [3.63, 3.8) is 0 Å². The van der Waals surface area contributed by atoms with Crippen LogP contribution in [0.5, 0.6) is 0 Å². The number of hydrogen-bond acceptors (Lipinski definition) is 1. The van der Waals surface area contributed by atoms with E-state index in [2.05, 4.69) is 132 Å². The molecule has 0 bridgehead atoms. The third-order valence-electron chi connectivity index (χ3n) is 7.24. The Morgan fingerprint density at radius 1 is 0.378 bits per heavy atom. The fourth-order valence-corrected chi connectivity index (χ4v) is 10.6. The standard InChI is InChI=1S/C34H21NSe2/c1-2-9-23(10-3-1)35(24-15-18-28-27-12-6-7-13-31(27)36-32(28)20-24)25-16-19-29-30-17-14-22-8-4-5-11-26(22)34(30)37-33(29)21-25/h1-21H. The molecule has 0 atom stereocenters. The molecule has 0 N–H and O–H groups in total. The summed E-state index contributed by atoms with van der Waals surface area (Å²) in [6.45, 7) is 0. The van der Waals surface area contributed by atoms with Crippen molar-refractivity contribution in [1.82, 2.24) is 0 Å². The average molecular weight is 601 g/mol. The molecule has 1 nitrogen and oxygen atoms in total. The summed E-state index contributed by atoms with van der Waals surface area (Å²) in [6.07, 6.45) is 0. The van der Waals surface area contributed by atoms with Gasteiger partial charge in [-0.1, -0.05) is 0 Å². The Morgan fingerprint density at radius 3 is 1.78 bits per heavy atom. The molecule has 0 radical (unpaired) electrons. The van der Waals surface area contributed by atoms with Gasteiger partial charge in [0.15, 0.2) is 0 Å². The van der Waals surface area contributed by atoms with Crippen molar-refractivity contribution in [3.05, 3.63) is 127 Å². The maximum atomic E-state index is 2.43. The van der Waals surface area contributed by atoms with Gasteiger partial charge in [0.05, 0.1) is 0 Å². The van der Waals surface area contributed by atoms with Gasteiger partial charge in [-0.05, 0) is 0 Å². The van der Waals surface area contributed by atoms with Crippen LogP contribution in [0.3, 0.4) is 0 Å². The van der Waals surface area contributed by atoms with Crippen molar-refractivity contribution in [2.24, 2.45) is 0 Å². The molecule has 37 heavy (non-hydrogen) atoms. The van der Waals surface area contributed by atoms with Gasteiger partial charge in [0.1, 0.15) is 0 Å². The van der Waals surface area contributed by atoms with Gasteiger partial charge in [-0.25, -0.2) is 0 Å². The monoisotopic (exact) mass is 603 g/mol. The minimum absolute atomic E-state index is 0.284. The Hall–Kier alpha value is -3.58. The molecule has 0 spiro atoms. The van der Waals surface area contributed by atoms with Gasteiger partial charge < -0.3 is 0 Å². The van der Waals surface area contributed by atoms with Crippen LogP contribution >= 0.6 is 0 Å². The number of para-hydroxylation sites is 1. The SMILES string of the molecule is c1ccc(N(c2ccc3c(c2)[se]c2ccccc23)c2ccc3c(c2)[se]c2c4ccccc4ccc32)cc1. The Kier molecular flexibility index (Phi) is 4.93. The van der Waals surface area contributed by atoms with Gasteiger partial charge in [0.25, 0.3) is 0 Å². The number of nitrogens with zero attached hydrogens (tertiary/aromatic N) is 1. The molecule has 2 heterocycles. The number of benzene rings is 6. The van der Waals surface area contributed by atoms with E-state index in [0.717, 1.165) is 0 Å². The van der Waals surface area contributed by atoms with Crippen molar-refractivity contribution in [2.75, 3.05) is 4.90 Å². The molecule has 0 aliphatic carbocycles. The molecule has 0 fully saturated rings. The summed E-state index contributed by atoms with van der Waals surface area (Å²) in [5, 5.41) is 8.34. The van der Waals surface area contributed by atoms with E-state index >= 15 is 0 Å². The van der Waals surface area contributed by atoms with E-state index in [0.29, 0.717) is 14.5 Å². The zero-order valence-electron chi connectivity index (χ0n) is 19.9. The second-order valence-corrected chi connectivity index (χ2v) is 13.9. The summed E-state index contributed by atoms with van der Waals surface area (Å²) in [7, 11) is 0. The van der Waals surface area contributed by atoms with Crippen LogP contribution in [0.1, 0.15) is 0 Å². The molecule has 0 aliphatic rings. The molecule has 8 aromatic rings. The number of hydrogen-bond donors (Lipinski definition) is 0. The molecule has 0 amide bonds. The summed E-state index contributed by atoms with van der Waals surface area (Å²) in [5.74, 6) is 0. The molecule has 174 valence electrons. The molecule has 8 rings (SSSR count). The third-order valence-corrected chi connectivity index (χ3v) is 12.1. The maximum absolute atomic E-state index is 2.43. The number of anilines is 3. The Labute approximate surface area is 226 Å². The van der Waals surface area contributed by atoms with Crippen LogP contribution in [0.2, 0.25) is 0 Å². The zero-order chi connectivity index (χ0) is 24.3. The van der Waals surface area contributed by atoms with Crippen LogP contribution in [0.25, 0.3) is 49.4 Å². The first-order chi connectivity index (χ1) is 18.3. The van der Waals surface area contributed by atoms with Gasteiger partial charge in [-0.15, -0.1) is 0 Å². The first kappa shape index (κ1) is 21.5. The molecule has 0 aliphatic heterocycles. The Bertz CT molecular complexity index is 2100. The summed E-state index contributed by atoms with van der Waals surface area (Å²) in [6, 6.07) is 47.2. The van der Waals surface area contributed by atoms with Crippen molar-refractivity contribution < 1.29 is 0 Å². The first-order valence-corrected chi connectivity index (χ1v) is 15.9. The molecular weight excluding hydrogens is 580 g/mol. The van der Waals surface area contributed by atoms with Crippen LogP contribution in [-0.4, -0.2) is 29.0 Å². The number of fused-ring (bicyclic) bond motifs is 8. The van der Waals surface area contributed by atoms with E-state index in [4.69, 9.17) is 0 Å². The summed E-state index contributed by atoms with van der Waals surface area (Å²) < 4.78 is 5.94. The summed E-state index contributed by atoms with van der Waals surface area (Å²) in [5.41, 5.74) is 3.65. The van der Waals surface area contributed by atoms with Gasteiger partial charge in [0.2, 0.25) is 0 Å². The van der Waals surface area contributed by atoms with E-state index in [1.165, 1.54) is 66.4 Å². The van der Waals surface area contributed by atoms with Gasteiger partial charge in [-0.2, -0.15) is 0 Å². The second-order valence-electron chi connectivity index (χ2n) is 9.40. The first-order valence-electron chi connectivity index (χ1n) is 12.4. The van der Waals surface area contributed by atoms with Crippen molar-refractivity contribution >= 4 is 95.4 Å². The summed E-state index contributed by atoms with van der Waals surface area (Å²) >= 11 is 0.626. The van der Waals surface area contributed by atoms with Gasteiger partial charge >= 0.3 is 228 Å². The van der Waals surface area contributed by atoms with E-state index in [-0.39, 0.29) is 14.5 Å². The van der Waals surface area contributed by atoms with E-state index in [9.17, 15) is 0 Å². The van der Waals surface area contributed by atoms with Gasteiger partial charge in [-0.3, -0.25) is 0 Å². The fourth-order valence-electron chi connectivity index (χ4n) is 5.51.